The average molecular weight is 387 g/mol. The van der Waals surface area contributed by atoms with Crippen LogP contribution in [0.3, 0.4) is 0 Å². The molecule has 4 rings (SSSR count). The number of nitrogens with zero attached hydrogens (tertiary/aromatic N) is 1. The topological polar surface area (TPSA) is 75.4 Å². The fourth-order valence-electron chi connectivity index (χ4n) is 4.07. The zero-order chi connectivity index (χ0) is 20.4. The highest BCUT2D eigenvalue weighted by atomic mass is 16.2. The molecule has 29 heavy (non-hydrogen) atoms. The van der Waals surface area contributed by atoms with Crippen molar-refractivity contribution >= 4 is 28.3 Å². The van der Waals surface area contributed by atoms with Crippen molar-refractivity contribution in [3.63, 3.8) is 0 Å². The van der Waals surface area contributed by atoms with Crippen LogP contribution in [-0.4, -0.2) is 36.3 Å². The number of hydrogen-bond donors (Lipinski definition) is 2. The Labute approximate surface area is 170 Å². The summed E-state index contributed by atoms with van der Waals surface area (Å²) in [6.07, 6.45) is 2.24. The van der Waals surface area contributed by atoms with E-state index in [2.05, 4.69) is 11.4 Å². The summed E-state index contributed by atoms with van der Waals surface area (Å²) in [6.45, 7) is 0.551. The van der Waals surface area contributed by atoms with E-state index in [-0.39, 0.29) is 17.9 Å². The van der Waals surface area contributed by atoms with E-state index < -0.39 is 0 Å². The minimum absolute atomic E-state index is 0.0861. The molecule has 2 amide bonds. The zero-order valence-electron chi connectivity index (χ0n) is 16.5. The molecule has 148 valence electrons. The Morgan fingerprint density at radius 3 is 2.52 bits per heavy atom. The van der Waals surface area contributed by atoms with E-state index in [4.69, 9.17) is 5.73 Å². The largest absolute Gasteiger partial charge is 0.399 e. The number of nitrogens with one attached hydrogen (secondary N) is 1. The molecule has 1 atom stereocenters. The molecular formula is C24H25N3O2. The van der Waals surface area contributed by atoms with E-state index in [1.807, 2.05) is 61.6 Å². The molecule has 0 radical (unpaired) electrons. The van der Waals surface area contributed by atoms with E-state index in [1.165, 1.54) is 0 Å². The average Bonchev–Trinajstić information content (AvgIpc) is 3.05. The van der Waals surface area contributed by atoms with Crippen LogP contribution in [0.25, 0.3) is 21.9 Å². The van der Waals surface area contributed by atoms with Crippen molar-refractivity contribution in [1.82, 2.24) is 10.2 Å². The monoisotopic (exact) mass is 387 g/mol. The maximum Gasteiger partial charge on any atom is 0.251 e. The van der Waals surface area contributed by atoms with Crippen LogP contribution in [0.4, 0.5) is 5.69 Å². The fraction of sp³-hybridized carbons (Fsp3) is 0.250. The summed E-state index contributed by atoms with van der Waals surface area (Å²) >= 11 is 0. The molecule has 5 nitrogen and oxygen atoms in total. The van der Waals surface area contributed by atoms with Gasteiger partial charge < -0.3 is 16.0 Å². The van der Waals surface area contributed by atoms with E-state index in [1.54, 1.807) is 4.90 Å². The predicted molar refractivity (Wildman–Crippen MR) is 117 cm³/mol. The molecule has 1 fully saturated rings. The van der Waals surface area contributed by atoms with Gasteiger partial charge in [0.2, 0.25) is 5.91 Å². The zero-order valence-corrected chi connectivity index (χ0v) is 16.5. The number of likely N-dealkylation sites (tertiary alicyclic amines) is 1. The molecule has 0 saturated carbocycles. The summed E-state index contributed by atoms with van der Waals surface area (Å²) in [4.78, 5) is 26.3. The third kappa shape index (κ3) is 3.81. The molecular weight excluding hydrogens is 362 g/mol. The highest BCUT2D eigenvalue weighted by molar-refractivity contribution is 6.10. The Balaban J connectivity index is 1.54. The summed E-state index contributed by atoms with van der Waals surface area (Å²) in [5.41, 5.74) is 9.34. The number of anilines is 1. The molecule has 1 unspecified atom stereocenters. The Kier molecular flexibility index (Phi) is 5.21. The van der Waals surface area contributed by atoms with Gasteiger partial charge in [-0.2, -0.15) is 0 Å². The normalized spacial score (nSPS) is 16.4. The molecule has 1 saturated heterocycles. The van der Waals surface area contributed by atoms with E-state index in [0.29, 0.717) is 18.5 Å². The molecule has 1 aliphatic rings. The van der Waals surface area contributed by atoms with Gasteiger partial charge in [0.15, 0.2) is 0 Å². The summed E-state index contributed by atoms with van der Waals surface area (Å²) in [7, 11) is 1.84. The quantitative estimate of drug-likeness (QED) is 0.654. The van der Waals surface area contributed by atoms with Gasteiger partial charge in [0.05, 0.1) is 0 Å². The van der Waals surface area contributed by atoms with Gasteiger partial charge in [-0.25, -0.2) is 0 Å². The van der Waals surface area contributed by atoms with Crippen LogP contribution in [0.15, 0.2) is 60.7 Å². The number of amides is 2. The Bertz CT molecular complexity index is 1060. The maximum absolute atomic E-state index is 12.9. The molecule has 0 bridgehead atoms. The number of fused-ring (bicyclic) bond motifs is 1. The smallest absolute Gasteiger partial charge is 0.251 e. The number of nitrogens with two attached hydrogens (primary N) is 1. The molecule has 0 aromatic heterocycles. The maximum atomic E-state index is 12.9. The molecule has 3 aromatic carbocycles. The van der Waals surface area contributed by atoms with Gasteiger partial charge in [-0.1, -0.05) is 42.5 Å². The molecule has 0 spiro atoms. The molecule has 3 aromatic rings. The van der Waals surface area contributed by atoms with E-state index in [0.717, 1.165) is 40.4 Å². The first-order valence-corrected chi connectivity index (χ1v) is 9.96. The lowest BCUT2D eigenvalue weighted by Gasteiger charge is -2.20. The highest BCUT2D eigenvalue weighted by Crippen LogP contribution is 2.31. The van der Waals surface area contributed by atoms with Gasteiger partial charge >= 0.3 is 0 Å². The van der Waals surface area contributed by atoms with Crippen molar-refractivity contribution in [2.24, 2.45) is 0 Å². The second kappa shape index (κ2) is 7.95. The Morgan fingerprint density at radius 1 is 1.07 bits per heavy atom. The molecule has 1 heterocycles. The minimum atomic E-state index is -0.0861. The van der Waals surface area contributed by atoms with Crippen molar-refractivity contribution in [2.75, 3.05) is 19.3 Å². The SMILES string of the molecule is CN1C(=O)CCC1CCNC(=O)c1cccc2c(-c3ccc(N)cc3)cccc12. The molecule has 5 heteroatoms. The lowest BCUT2D eigenvalue weighted by molar-refractivity contribution is -0.127. The van der Waals surface area contributed by atoms with Crippen LogP contribution < -0.4 is 11.1 Å². The molecule has 3 N–H and O–H groups in total. The summed E-state index contributed by atoms with van der Waals surface area (Å²) in [5, 5.41) is 4.98. The lowest BCUT2D eigenvalue weighted by atomic mass is 9.95. The van der Waals surface area contributed by atoms with Gasteiger partial charge in [-0.15, -0.1) is 0 Å². The number of hydrogen-bond acceptors (Lipinski definition) is 3. The van der Waals surface area contributed by atoms with Gasteiger partial charge in [0.25, 0.3) is 5.91 Å². The van der Waals surface area contributed by atoms with Crippen molar-refractivity contribution in [3.05, 3.63) is 66.2 Å². The minimum Gasteiger partial charge on any atom is -0.399 e. The van der Waals surface area contributed by atoms with Gasteiger partial charge in [0, 0.05) is 37.3 Å². The third-order valence-corrected chi connectivity index (χ3v) is 5.78. The van der Waals surface area contributed by atoms with E-state index in [9.17, 15) is 9.59 Å². The number of carbonyl (C=O) groups excluding carboxylic acids is 2. The molecule has 0 aliphatic carbocycles. The van der Waals surface area contributed by atoms with Crippen LogP contribution in [0.5, 0.6) is 0 Å². The van der Waals surface area contributed by atoms with Crippen LogP contribution in [0.2, 0.25) is 0 Å². The first kappa shape index (κ1) is 19.0. The highest BCUT2D eigenvalue weighted by Gasteiger charge is 2.27. The van der Waals surface area contributed by atoms with Crippen molar-refractivity contribution in [1.29, 1.82) is 0 Å². The summed E-state index contributed by atoms with van der Waals surface area (Å²) in [5.74, 6) is 0.0996. The number of rotatable bonds is 5. The van der Waals surface area contributed by atoms with Gasteiger partial charge in [-0.3, -0.25) is 9.59 Å². The Hall–Kier alpha value is -3.34. The van der Waals surface area contributed by atoms with E-state index >= 15 is 0 Å². The first-order chi connectivity index (χ1) is 14.0. The lowest BCUT2D eigenvalue weighted by Crippen LogP contribution is -2.33. The van der Waals surface area contributed by atoms with Crippen LogP contribution in [-0.2, 0) is 4.79 Å². The number of nitrogen functional groups attached to an aromatic ring is 1. The summed E-state index contributed by atoms with van der Waals surface area (Å²) < 4.78 is 0. The van der Waals surface area contributed by atoms with Crippen molar-refractivity contribution in [2.45, 2.75) is 25.3 Å². The second-order valence-electron chi connectivity index (χ2n) is 7.57. The van der Waals surface area contributed by atoms with Crippen molar-refractivity contribution in [3.8, 4) is 11.1 Å². The predicted octanol–water partition coefficient (Wildman–Crippen LogP) is 3.83. The summed E-state index contributed by atoms with van der Waals surface area (Å²) in [6, 6.07) is 19.8. The number of carbonyl (C=O) groups is 2. The molecule has 1 aliphatic heterocycles. The third-order valence-electron chi connectivity index (χ3n) is 5.78. The Morgan fingerprint density at radius 2 is 1.79 bits per heavy atom. The first-order valence-electron chi connectivity index (χ1n) is 9.96. The van der Waals surface area contributed by atoms with Gasteiger partial charge in [-0.05, 0) is 52.9 Å². The second-order valence-corrected chi connectivity index (χ2v) is 7.57. The number of benzene rings is 3. The fourth-order valence-corrected chi connectivity index (χ4v) is 4.07. The van der Waals surface area contributed by atoms with Crippen LogP contribution in [0, 0.1) is 0 Å². The standard InChI is InChI=1S/C24H25N3O2/c1-27-18(12-13-23(27)28)14-15-26-24(29)22-7-3-5-20-19(4-2-6-21(20)22)16-8-10-17(25)11-9-16/h2-11,18H,12-15,25H2,1H3,(H,26,29). The van der Waals surface area contributed by atoms with Gasteiger partial charge in [0.1, 0.15) is 0 Å². The van der Waals surface area contributed by atoms with Crippen LogP contribution in [0.1, 0.15) is 29.6 Å². The van der Waals surface area contributed by atoms with Crippen molar-refractivity contribution < 1.29 is 9.59 Å². The van der Waals surface area contributed by atoms with Crippen LogP contribution >= 0.6 is 0 Å².